The Morgan fingerprint density at radius 2 is 1.43 bits per heavy atom. The number of nitrogens with zero attached hydrogens (tertiary/aromatic N) is 4. The monoisotopic (exact) mass is 1030 g/mol. The molecule has 6 aromatic carbocycles. The van der Waals surface area contributed by atoms with Crippen LogP contribution in [0.5, 0.6) is 0 Å². The summed E-state index contributed by atoms with van der Waals surface area (Å²) in [6.07, 6.45) is 3.88. The quantitative estimate of drug-likeness (QED) is 0.118. The first-order valence-corrected chi connectivity index (χ1v) is 27.7. The molecule has 0 bridgehead atoms. The average molecular weight is 1030 g/mol. The zero-order valence-corrected chi connectivity index (χ0v) is 39.6. The molecule has 5 nitrogen and oxygen atoms in total. The minimum Gasteiger partial charge on any atom is 0 e. The van der Waals surface area contributed by atoms with Crippen LogP contribution in [0.2, 0.25) is 17.3 Å². The Morgan fingerprint density at radius 3 is 2.15 bits per heavy atom. The van der Waals surface area contributed by atoms with Gasteiger partial charge in [-0.3, -0.25) is 9.97 Å². The Balaban J connectivity index is 0.000000214. The Morgan fingerprint density at radius 1 is 0.705 bits per heavy atom. The fourth-order valence-electron chi connectivity index (χ4n) is 7.87. The second-order valence-corrected chi connectivity index (χ2v) is 27.0. The van der Waals surface area contributed by atoms with Crippen LogP contribution in [0.3, 0.4) is 0 Å². The third-order valence-electron chi connectivity index (χ3n) is 10.9. The van der Waals surface area contributed by atoms with E-state index in [1.54, 1.807) is 0 Å². The summed E-state index contributed by atoms with van der Waals surface area (Å²) < 4.78 is 18.5. The molecule has 0 unspecified atom stereocenters. The van der Waals surface area contributed by atoms with Crippen molar-refractivity contribution in [2.24, 2.45) is 0 Å². The second-order valence-electron chi connectivity index (χ2n) is 16.4. The summed E-state index contributed by atoms with van der Waals surface area (Å²) >= 11 is -2.03. The van der Waals surface area contributed by atoms with E-state index in [1.807, 2.05) is 87.8 Å². The van der Waals surface area contributed by atoms with Gasteiger partial charge in [0.1, 0.15) is 5.58 Å². The first-order valence-electron chi connectivity index (χ1n) is 20.8. The smallest absolute Gasteiger partial charge is 0 e. The van der Waals surface area contributed by atoms with Gasteiger partial charge in [-0.15, -0.1) is 18.2 Å². The zero-order valence-electron chi connectivity index (χ0n) is 36.1. The van der Waals surface area contributed by atoms with Crippen LogP contribution in [-0.2, 0) is 20.1 Å². The molecule has 4 aromatic heterocycles. The summed E-state index contributed by atoms with van der Waals surface area (Å²) in [6.45, 7) is 5.94. The Labute approximate surface area is 375 Å². The van der Waals surface area contributed by atoms with E-state index in [-0.39, 0.29) is 20.1 Å². The molecule has 0 aliphatic heterocycles. The van der Waals surface area contributed by atoms with Crippen molar-refractivity contribution in [2.45, 2.75) is 43.9 Å². The van der Waals surface area contributed by atoms with Crippen molar-refractivity contribution in [1.82, 2.24) is 19.5 Å². The first-order chi connectivity index (χ1) is 29.4. The van der Waals surface area contributed by atoms with Gasteiger partial charge in [0.25, 0.3) is 0 Å². The van der Waals surface area contributed by atoms with Crippen molar-refractivity contribution in [3.8, 4) is 50.6 Å². The Kier molecular flexibility index (Phi) is 11.7. The van der Waals surface area contributed by atoms with Crippen molar-refractivity contribution in [3.05, 3.63) is 187 Å². The molecule has 0 fully saturated rings. The third kappa shape index (κ3) is 8.41. The van der Waals surface area contributed by atoms with Gasteiger partial charge in [-0.05, 0) is 64.9 Å². The van der Waals surface area contributed by atoms with E-state index in [2.05, 4.69) is 141 Å². The van der Waals surface area contributed by atoms with Crippen molar-refractivity contribution in [2.75, 3.05) is 0 Å². The molecular formula is C54H46GeIrN4O-2. The van der Waals surface area contributed by atoms with E-state index in [4.69, 9.17) is 10.8 Å². The summed E-state index contributed by atoms with van der Waals surface area (Å²) in [5.74, 6) is 7.22. The van der Waals surface area contributed by atoms with Crippen LogP contribution in [0.25, 0.3) is 83.7 Å². The molecule has 0 aliphatic rings. The number of hydrogen-bond acceptors (Lipinski definition) is 4. The molecule has 1 radical (unpaired) electrons. The Hall–Kier alpha value is -5.92. The molecule has 0 N–H and O–H groups in total. The maximum absolute atomic E-state index is 8.44. The molecular weight excluding hydrogens is 985 g/mol. The summed E-state index contributed by atoms with van der Waals surface area (Å²) in [5.41, 5.74) is 14.8. The predicted octanol–water partition coefficient (Wildman–Crippen LogP) is 13.6. The van der Waals surface area contributed by atoms with Gasteiger partial charge in [0.2, 0.25) is 0 Å². The number of hydrogen-bond donors (Lipinski definition) is 0. The zero-order chi connectivity index (χ0) is 42.3. The number of benzene rings is 6. The Bertz CT molecular complexity index is 3170. The average Bonchev–Trinajstić information content (AvgIpc) is 3.85. The minimum absolute atomic E-state index is 0. The summed E-state index contributed by atoms with van der Waals surface area (Å²) in [4.78, 5) is 14.5. The van der Waals surface area contributed by atoms with E-state index < -0.39 is 19.2 Å². The first kappa shape index (κ1) is 40.5. The van der Waals surface area contributed by atoms with E-state index >= 15 is 0 Å². The normalized spacial score (nSPS) is 11.9. The predicted molar refractivity (Wildman–Crippen MR) is 252 cm³/mol. The molecule has 0 saturated heterocycles. The van der Waals surface area contributed by atoms with Gasteiger partial charge >= 0.3 is 120 Å². The summed E-state index contributed by atoms with van der Waals surface area (Å²) in [6, 6.07) is 58.6. The topological polar surface area (TPSA) is 56.7 Å². The van der Waals surface area contributed by atoms with Crippen molar-refractivity contribution >= 4 is 50.8 Å². The molecule has 303 valence electrons. The van der Waals surface area contributed by atoms with Gasteiger partial charge in [0.15, 0.2) is 0 Å². The molecule has 10 rings (SSSR count). The van der Waals surface area contributed by atoms with Crippen LogP contribution in [0.4, 0.5) is 0 Å². The van der Waals surface area contributed by atoms with E-state index in [0.29, 0.717) is 0 Å². The second kappa shape index (κ2) is 17.6. The minimum atomic E-state index is -2.03. The summed E-state index contributed by atoms with van der Waals surface area (Å²) in [7, 11) is 0. The number of aromatic nitrogens is 4. The molecule has 4 heterocycles. The van der Waals surface area contributed by atoms with E-state index in [0.717, 1.165) is 89.3 Å². The fraction of sp³-hybridized carbons (Fsp3) is 0.130. The van der Waals surface area contributed by atoms with Crippen LogP contribution < -0.4 is 4.40 Å². The number of imidazole rings is 1. The molecule has 61 heavy (non-hydrogen) atoms. The van der Waals surface area contributed by atoms with Gasteiger partial charge < -0.3 is 8.98 Å². The molecule has 0 saturated carbocycles. The van der Waals surface area contributed by atoms with Gasteiger partial charge in [0.05, 0.1) is 28.0 Å². The SMILES string of the molecule is Cc1cnc2c(c1)oc1c(-c3nc4ccccc4n3-c3ccc(-c4ccccc4)cc3-c3ccccc3)[c-]ccc12.[2H]C(C)(C)c1cc(-c2[c-]cccc2)nc[c]1[Ge]([CH3])([CH3])[CH3].[Ir]. The molecule has 0 spiro atoms. The summed E-state index contributed by atoms with van der Waals surface area (Å²) in [5, 5.41) is 0.954. The third-order valence-corrected chi connectivity index (χ3v) is 15.1. The number of para-hydroxylation sites is 2. The number of rotatable bonds is 7. The maximum atomic E-state index is 8.44. The van der Waals surface area contributed by atoms with Gasteiger partial charge in [0, 0.05) is 37.6 Å². The van der Waals surface area contributed by atoms with E-state index in [9.17, 15) is 0 Å². The van der Waals surface area contributed by atoms with Crippen LogP contribution in [-0.4, -0.2) is 32.8 Å². The molecule has 7 heteroatoms. The number of fused-ring (bicyclic) bond motifs is 4. The largest absolute Gasteiger partial charge is 0 e. The molecule has 0 amide bonds. The van der Waals surface area contributed by atoms with Gasteiger partial charge in [-0.25, -0.2) is 0 Å². The number of pyridine rings is 2. The fourth-order valence-corrected chi connectivity index (χ4v) is 11.2. The van der Waals surface area contributed by atoms with Crippen molar-refractivity contribution in [1.29, 1.82) is 0 Å². The standard InChI is InChI=1S/C37H24N3O.C17H22GeN.Ir/c1-24-21-34-35(38-23-24)28-15-10-16-29(36(28)41-34)37-39-31-17-8-9-18-33(31)40(37)32-20-19-27(25-11-4-2-5-12-25)22-30(32)26-13-6-3-7-14-26;1-13(2)15-11-17(14-9-7-6-8-10-14)19-12-16(15)18(3,4)5;/h2-15,17-23H,1H3;6-9,11-13H,1-5H3;/q2*-1;/i;13D;. The molecule has 0 aliphatic carbocycles. The molecule has 0 atom stereocenters. The van der Waals surface area contributed by atoms with Crippen LogP contribution in [0.15, 0.2) is 168 Å². The van der Waals surface area contributed by atoms with E-state index in [1.165, 1.54) is 9.96 Å². The van der Waals surface area contributed by atoms with Gasteiger partial charge in [-0.2, -0.15) is 0 Å². The van der Waals surface area contributed by atoms with Crippen molar-refractivity contribution < 1.29 is 25.9 Å². The molecule has 10 aromatic rings. The maximum Gasteiger partial charge on any atom is 0 e. The van der Waals surface area contributed by atoms with Crippen LogP contribution in [0, 0.1) is 19.1 Å². The van der Waals surface area contributed by atoms with Crippen LogP contribution in [0.1, 0.15) is 32.2 Å². The number of furan rings is 1. The van der Waals surface area contributed by atoms with Gasteiger partial charge in [-0.1, -0.05) is 84.4 Å². The van der Waals surface area contributed by atoms with Crippen molar-refractivity contribution in [3.63, 3.8) is 0 Å². The number of aryl methyl sites for hydroxylation is 1. The van der Waals surface area contributed by atoms with Crippen LogP contribution >= 0.6 is 0 Å².